The van der Waals surface area contributed by atoms with Crippen molar-refractivity contribution in [2.75, 3.05) is 46.3 Å². The molecule has 2 fully saturated rings. The first-order valence-corrected chi connectivity index (χ1v) is 10.6. The zero-order valence-electron chi connectivity index (χ0n) is 17.5. The van der Waals surface area contributed by atoms with Crippen molar-refractivity contribution in [1.29, 1.82) is 0 Å². The van der Waals surface area contributed by atoms with E-state index in [-0.39, 0.29) is 18.1 Å². The third-order valence-corrected chi connectivity index (χ3v) is 5.92. The molecule has 2 aromatic rings. The molecule has 1 amide bonds. The Kier molecular flexibility index (Phi) is 6.28. The minimum Gasteiger partial charge on any atom is -0.367 e. The van der Waals surface area contributed by atoms with Crippen LogP contribution in [0.1, 0.15) is 34.5 Å². The highest BCUT2D eigenvalue weighted by molar-refractivity contribution is 5.94. The number of likely N-dealkylation sites (N-methyl/N-ethyl adjacent to an activating group) is 1. The lowest BCUT2D eigenvalue weighted by Crippen LogP contribution is -2.46. The van der Waals surface area contributed by atoms with Crippen LogP contribution in [0.4, 0.5) is 0 Å². The average Bonchev–Trinajstić information content (AvgIpc) is 2.75. The molecule has 2 heterocycles. The molecular formula is C24H31N3O2. The lowest BCUT2D eigenvalue weighted by molar-refractivity contribution is -0.0691. The second-order valence-electron chi connectivity index (χ2n) is 8.33. The Morgan fingerprint density at radius 1 is 0.966 bits per heavy atom. The molecular weight excluding hydrogens is 362 g/mol. The molecule has 154 valence electrons. The van der Waals surface area contributed by atoms with Gasteiger partial charge in [0.15, 0.2) is 0 Å². The number of hydrogen-bond acceptors (Lipinski definition) is 4. The predicted octanol–water partition coefficient (Wildman–Crippen LogP) is 3.04. The van der Waals surface area contributed by atoms with E-state index in [4.69, 9.17) is 4.74 Å². The fraction of sp³-hybridized carbons (Fsp3) is 0.458. The number of ether oxygens (including phenoxy) is 1. The van der Waals surface area contributed by atoms with Crippen LogP contribution < -0.4 is 0 Å². The van der Waals surface area contributed by atoms with E-state index in [1.54, 1.807) is 0 Å². The zero-order valence-corrected chi connectivity index (χ0v) is 17.5. The summed E-state index contributed by atoms with van der Waals surface area (Å²) in [5, 5.41) is 0. The predicted molar refractivity (Wildman–Crippen MR) is 115 cm³/mol. The second-order valence-corrected chi connectivity index (χ2v) is 8.33. The van der Waals surface area contributed by atoms with Crippen molar-refractivity contribution in [3.8, 4) is 0 Å². The van der Waals surface area contributed by atoms with Gasteiger partial charge in [0.1, 0.15) is 6.10 Å². The SMILES string of the molecule is C[C@H]1CN(C(=O)c2ccc(CN3CCN(C)CC3)cc2)C[C@H](c2ccccc2)O1. The fourth-order valence-corrected chi connectivity index (χ4v) is 4.17. The van der Waals surface area contributed by atoms with Crippen LogP contribution >= 0.6 is 0 Å². The first-order valence-electron chi connectivity index (χ1n) is 10.6. The third kappa shape index (κ3) is 5.04. The highest BCUT2D eigenvalue weighted by Gasteiger charge is 2.29. The molecule has 2 saturated heterocycles. The van der Waals surface area contributed by atoms with Gasteiger partial charge in [0.25, 0.3) is 5.91 Å². The minimum atomic E-state index is -0.0691. The molecule has 2 aliphatic rings. The van der Waals surface area contributed by atoms with Crippen molar-refractivity contribution in [2.24, 2.45) is 0 Å². The van der Waals surface area contributed by atoms with Gasteiger partial charge in [0, 0.05) is 44.8 Å². The molecule has 0 bridgehead atoms. The van der Waals surface area contributed by atoms with Crippen molar-refractivity contribution in [3.63, 3.8) is 0 Å². The third-order valence-electron chi connectivity index (χ3n) is 5.92. The molecule has 0 saturated carbocycles. The Morgan fingerprint density at radius 3 is 2.34 bits per heavy atom. The second kappa shape index (κ2) is 9.08. The van der Waals surface area contributed by atoms with Crippen molar-refractivity contribution < 1.29 is 9.53 Å². The molecule has 0 spiro atoms. The summed E-state index contributed by atoms with van der Waals surface area (Å²) in [6, 6.07) is 18.3. The summed E-state index contributed by atoms with van der Waals surface area (Å²) in [5.74, 6) is 0.0900. The molecule has 4 rings (SSSR count). The molecule has 0 N–H and O–H groups in total. The van der Waals surface area contributed by atoms with E-state index in [1.165, 1.54) is 5.56 Å². The lowest BCUT2D eigenvalue weighted by atomic mass is 10.0. The van der Waals surface area contributed by atoms with Gasteiger partial charge in [-0.15, -0.1) is 0 Å². The molecule has 5 nitrogen and oxygen atoms in total. The van der Waals surface area contributed by atoms with Gasteiger partial charge in [-0.05, 0) is 37.2 Å². The van der Waals surface area contributed by atoms with Gasteiger partial charge in [0.05, 0.1) is 12.6 Å². The van der Waals surface area contributed by atoms with Crippen LogP contribution in [0.5, 0.6) is 0 Å². The van der Waals surface area contributed by atoms with E-state index in [9.17, 15) is 4.79 Å². The van der Waals surface area contributed by atoms with Gasteiger partial charge in [-0.2, -0.15) is 0 Å². The van der Waals surface area contributed by atoms with Crippen molar-refractivity contribution >= 4 is 5.91 Å². The van der Waals surface area contributed by atoms with Crippen molar-refractivity contribution in [1.82, 2.24) is 14.7 Å². The first-order chi connectivity index (χ1) is 14.1. The molecule has 0 aliphatic carbocycles. The van der Waals surface area contributed by atoms with Crippen LogP contribution in [0.2, 0.25) is 0 Å². The van der Waals surface area contributed by atoms with Crippen LogP contribution in [-0.2, 0) is 11.3 Å². The van der Waals surface area contributed by atoms with E-state index >= 15 is 0 Å². The molecule has 2 atom stereocenters. The smallest absolute Gasteiger partial charge is 0.254 e. The van der Waals surface area contributed by atoms with Gasteiger partial charge in [0.2, 0.25) is 0 Å². The number of piperazine rings is 1. The van der Waals surface area contributed by atoms with Crippen LogP contribution in [0.25, 0.3) is 0 Å². The van der Waals surface area contributed by atoms with Gasteiger partial charge in [-0.1, -0.05) is 42.5 Å². The highest BCUT2D eigenvalue weighted by atomic mass is 16.5. The number of benzene rings is 2. The Labute approximate surface area is 173 Å². The zero-order chi connectivity index (χ0) is 20.2. The summed E-state index contributed by atoms with van der Waals surface area (Å²) < 4.78 is 6.10. The summed E-state index contributed by atoms with van der Waals surface area (Å²) >= 11 is 0. The van der Waals surface area contributed by atoms with E-state index in [0.29, 0.717) is 13.1 Å². The Balaban J connectivity index is 1.39. The molecule has 2 aromatic carbocycles. The molecule has 0 radical (unpaired) electrons. The number of carbonyl (C=O) groups is 1. The molecule has 0 aromatic heterocycles. The average molecular weight is 394 g/mol. The molecule has 29 heavy (non-hydrogen) atoms. The monoisotopic (exact) mass is 393 g/mol. The van der Waals surface area contributed by atoms with Gasteiger partial charge < -0.3 is 14.5 Å². The maximum absolute atomic E-state index is 13.1. The maximum Gasteiger partial charge on any atom is 0.254 e. The minimum absolute atomic E-state index is 0.0226. The number of rotatable bonds is 4. The van der Waals surface area contributed by atoms with E-state index in [1.807, 2.05) is 42.2 Å². The maximum atomic E-state index is 13.1. The fourth-order valence-electron chi connectivity index (χ4n) is 4.17. The summed E-state index contributed by atoms with van der Waals surface area (Å²) in [6.07, 6.45) is -0.0465. The lowest BCUT2D eigenvalue weighted by Gasteiger charge is -2.37. The van der Waals surface area contributed by atoms with E-state index in [0.717, 1.165) is 43.9 Å². The van der Waals surface area contributed by atoms with Crippen LogP contribution in [0, 0.1) is 0 Å². The quantitative estimate of drug-likeness (QED) is 0.800. The Morgan fingerprint density at radius 2 is 1.66 bits per heavy atom. The van der Waals surface area contributed by atoms with Crippen molar-refractivity contribution in [3.05, 3.63) is 71.3 Å². The summed E-state index contributed by atoms with van der Waals surface area (Å²) in [4.78, 5) is 19.9. The van der Waals surface area contributed by atoms with Gasteiger partial charge >= 0.3 is 0 Å². The topological polar surface area (TPSA) is 36.0 Å². The standard InChI is InChI=1S/C24H31N3O2/c1-19-16-27(18-23(29-19)21-6-4-3-5-7-21)24(28)22-10-8-20(9-11-22)17-26-14-12-25(2)13-15-26/h3-11,19,23H,12-18H2,1-2H3/t19-,23+/m0/s1. The van der Waals surface area contributed by atoms with E-state index in [2.05, 4.69) is 41.1 Å². The number of carbonyl (C=O) groups excluding carboxylic acids is 1. The van der Waals surface area contributed by atoms with Crippen LogP contribution in [0.15, 0.2) is 54.6 Å². The van der Waals surface area contributed by atoms with E-state index < -0.39 is 0 Å². The molecule has 2 aliphatic heterocycles. The Bertz CT molecular complexity index is 801. The van der Waals surface area contributed by atoms with Gasteiger partial charge in [-0.3, -0.25) is 9.69 Å². The summed E-state index contributed by atoms with van der Waals surface area (Å²) in [6.45, 7) is 8.65. The van der Waals surface area contributed by atoms with Crippen molar-refractivity contribution in [2.45, 2.75) is 25.7 Å². The molecule has 0 unspecified atom stereocenters. The summed E-state index contributed by atoms with van der Waals surface area (Å²) in [5.41, 5.74) is 3.15. The number of nitrogens with zero attached hydrogens (tertiary/aromatic N) is 3. The number of morpholine rings is 1. The normalized spacial score (nSPS) is 23.9. The Hall–Kier alpha value is -2.21. The molecule has 5 heteroatoms. The number of amides is 1. The highest BCUT2D eigenvalue weighted by Crippen LogP contribution is 2.26. The summed E-state index contributed by atoms with van der Waals surface area (Å²) in [7, 11) is 2.17. The van der Waals surface area contributed by atoms with Crippen LogP contribution in [0.3, 0.4) is 0 Å². The largest absolute Gasteiger partial charge is 0.367 e. The van der Waals surface area contributed by atoms with Crippen LogP contribution in [-0.4, -0.2) is 73.0 Å². The first kappa shape index (κ1) is 20.1. The van der Waals surface area contributed by atoms with Gasteiger partial charge in [-0.25, -0.2) is 0 Å². The number of hydrogen-bond donors (Lipinski definition) is 0.